The molecule has 20 heavy (non-hydrogen) atoms. The van der Waals surface area contributed by atoms with Gasteiger partial charge in [0.15, 0.2) is 9.84 Å². The number of rotatable bonds is 6. The smallest absolute Gasteiger partial charge is 0.156 e. The lowest BCUT2D eigenvalue weighted by molar-refractivity contribution is 0.296. The molecule has 5 heteroatoms. The fourth-order valence-electron chi connectivity index (χ4n) is 1.82. The van der Waals surface area contributed by atoms with Crippen molar-refractivity contribution in [3.63, 3.8) is 0 Å². The zero-order valence-electron chi connectivity index (χ0n) is 12.9. The predicted octanol–water partition coefficient (Wildman–Crippen LogP) is 2.30. The third-order valence-electron chi connectivity index (χ3n) is 3.51. The van der Waals surface area contributed by atoms with Crippen molar-refractivity contribution in [1.29, 1.82) is 0 Å². The van der Waals surface area contributed by atoms with Gasteiger partial charge in [0.2, 0.25) is 0 Å². The second-order valence-corrected chi connectivity index (χ2v) is 8.86. The summed E-state index contributed by atoms with van der Waals surface area (Å²) < 4.78 is 23.6. The standard InChI is InChI=1S/C15H26N2O2S/c1-5-17(10-11-20(18,19)15(2,3)4)12-13-8-6-7-9-14(13)16/h6-9H,5,10-12,16H2,1-4H3. The van der Waals surface area contributed by atoms with Crippen LogP contribution < -0.4 is 5.73 Å². The van der Waals surface area contributed by atoms with E-state index >= 15 is 0 Å². The van der Waals surface area contributed by atoms with Crippen LogP contribution in [0.25, 0.3) is 0 Å². The Morgan fingerprint density at radius 1 is 1.20 bits per heavy atom. The van der Waals surface area contributed by atoms with Crippen LogP contribution in [0.1, 0.15) is 33.3 Å². The second-order valence-electron chi connectivity index (χ2n) is 6.00. The van der Waals surface area contributed by atoms with Crippen molar-refractivity contribution in [3.8, 4) is 0 Å². The van der Waals surface area contributed by atoms with Crippen LogP contribution >= 0.6 is 0 Å². The maximum absolute atomic E-state index is 12.1. The fraction of sp³-hybridized carbons (Fsp3) is 0.600. The zero-order chi connectivity index (χ0) is 15.4. The highest BCUT2D eigenvalue weighted by molar-refractivity contribution is 7.92. The molecule has 2 N–H and O–H groups in total. The Morgan fingerprint density at radius 3 is 2.30 bits per heavy atom. The Bertz CT molecular complexity index is 533. The number of nitrogens with zero attached hydrogens (tertiary/aromatic N) is 1. The molecule has 0 spiro atoms. The fourth-order valence-corrected chi connectivity index (χ4v) is 2.93. The van der Waals surface area contributed by atoms with Crippen molar-refractivity contribution >= 4 is 15.5 Å². The average molecular weight is 298 g/mol. The van der Waals surface area contributed by atoms with Crippen LogP contribution in [-0.4, -0.2) is 36.9 Å². The molecule has 0 heterocycles. The highest BCUT2D eigenvalue weighted by Gasteiger charge is 2.28. The monoisotopic (exact) mass is 298 g/mol. The summed E-state index contributed by atoms with van der Waals surface area (Å²) in [6, 6.07) is 7.70. The second kappa shape index (κ2) is 6.59. The van der Waals surface area contributed by atoms with Gasteiger partial charge < -0.3 is 5.73 Å². The van der Waals surface area contributed by atoms with Gasteiger partial charge in [-0.25, -0.2) is 8.42 Å². The maximum atomic E-state index is 12.1. The van der Waals surface area contributed by atoms with Gasteiger partial charge in [0, 0.05) is 18.8 Å². The van der Waals surface area contributed by atoms with Crippen molar-refractivity contribution in [2.45, 2.75) is 39.0 Å². The van der Waals surface area contributed by atoms with E-state index < -0.39 is 14.6 Å². The molecule has 0 bridgehead atoms. The number of nitrogens with two attached hydrogens (primary N) is 1. The molecule has 114 valence electrons. The molecule has 0 aromatic heterocycles. The summed E-state index contributed by atoms with van der Waals surface area (Å²) in [6.45, 7) is 9.28. The van der Waals surface area contributed by atoms with Crippen molar-refractivity contribution < 1.29 is 8.42 Å². The summed E-state index contributed by atoms with van der Waals surface area (Å²) in [5, 5.41) is 0. The van der Waals surface area contributed by atoms with Gasteiger partial charge in [0.1, 0.15) is 0 Å². The molecule has 0 aliphatic carbocycles. The van der Waals surface area contributed by atoms with Crippen LogP contribution in [0, 0.1) is 0 Å². The van der Waals surface area contributed by atoms with Gasteiger partial charge in [-0.05, 0) is 38.9 Å². The molecule has 0 aliphatic rings. The first-order valence-corrected chi connectivity index (χ1v) is 8.60. The minimum absolute atomic E-state index is 0.178. The van der Waals surface area contributed by atoms with E-state index in [1.807, 2.05) is 31.2 Å². The Labute approximate surface area is 122 Å². The van der Waals surface area contributed by atoms with Gasteiger partial charge in [-0.2, -0.15) is 0 Å². The minimum Gasteiger partial charge on any atom is -0.398 e. The van der Waals surface area contributed by atoms with Crippen molar-refractivity contribution in [2.75, 3.05) is 24.6 Å². The average Bonchev–Trinajstić information content (AvgIpc) is 2.35. The molecule has 0 saturated heterocycles. The molecule has 0 unspecified atom stereocenters. The first kappa shape index (κ1) is 17.0. The minimum atomic E-state index is -3.08. The third kappa shape index (κ3) is 4.49. The number of hydrogen-bond donors (Lipinski definition) is 1. The van der Waals surface area contributed by atoms with E-state index in [9.17, 15) is 8.42 Å². The number of nitrogen functional groups attached to an aromatic ring is 1. The summed E-state index contributed by atoms with van der Waals surface area (Å²) in [6.07, 6.45) is 0. The summed E-state index contributed by atoms with van der Waals surface area (Å²) in [5.41, 5.74) is 7.73. The first-order chi connectivity index (χ1) is 9.17. The molecule has 0 fully saturated rings. The van der Waals surface area contributed by atoms with Gasteiger partial charge >= 0.3 is 0 Å². The Hall–Kier alpha value is -1.07. The number of anilines is 1. The molecule has 0 amide bonds. The molecule has 4 nitrogen and oxygen atoms in total. The highest BCUT2D eigenvalue weighted by Crippen LogP contribution is 2.17. The highest BCUT2D eigenvalue weighted by atomic mass is 32.2. The lowest BCUT2D eigenvalue weighted by atomic mass is 10.1. The van der Waals surface area contributed by atoms with E-state index in [4.69, 9.17) is 5.73 Å². The van der Waals surface area contributed by atoms with Crippen molar-refractivity contribution in [2.24, 2.45) is 0 Å². The number of sulfone groups is 1. The third-order valence-corrected chi connectivity index (χ3v) is 6.09. The number of hydrogen-bond acceptors (Lipinski definition) is 4. The van der Waals surface area contributed by atoms with Gasteiger partial charge in [-0.1, -0.05) is 25.1 Å². The molecule has 1 rings (SSSR count). The normalized spacial score (nSPS) is 12.8. The summed E-state index contributed by atoms with van der Waals surface area (Å²) in [5.74, 6) is 0.178. The van der Waals surface area contributed by atoms with Crippen LogP contribution in [0.4, 0.5) is 5.69 Å². The molecule has 1 aromatic carbocycles. The number of para-hydroxylation sites is 1. The largest absolute Gasteiger partial charge is 0.398 e. The zero-order valence-corrected chi connectivity index (χ0v) is 13.7. The summed E-state index contributed by atoms with van der Waals surface area (Å²) in [4.78, 5) is 2.11. The van der Waals surface area contributed by atoms with Gasteiger partial charge in [-0.15, -0.1) is 0 Å². The lowest BCUT2D eigenvalue weighted by Crippen LogP contribution is -2.36. The predicted molar refractivity (Wildman–Crippen MR) is 85.3 cm³/mol. The molecular formula is C15H26N2O2S. The molecule has 0 aliphatic heterocycles. The summed E-state index contributed by atoms with van der Waals surface area (Å²) >= 11 is 0. The molecule has 1 aromatic rings. The van der Waals surface area contributed by atoms with Crippen molar-refractivity contribution in [3.05, 3.63) is 29.8 Å². The van der Waals surface area contributed by atoms with Gasteiger partial charge in [0.25, 0.3) is 0 Å². The van der Waals surface area contributed by atoms with Crippen LogP contribution in [0.5, 0.6) is 0 Å². The quantitative estimate of drug-likeness (QED) is 0.819. The first-order valence-electron chi connectivity index (χ1n) is 6.95. The Kier molecular flexibility index (Phi) is 5.59. The van der Waals surface area contributed by atoms with Crippen LogP contribution in [0.2, 0.25) is 0 Å². The number of benzene rings is 1. The van der Waals surface area contributed by atoms with Gasteiger partial charge in [0.05, 0.1) is 10.5 Å². The van der Waals surface area contributed by atoms with Crippen LogP contribution in [0.15, 0.2) is 24.3 Å². The Balaban J connectivity index is 2.68. The van der Waals surface area contributed by atoms with Gasteiger partial charge in [-0.3, -0.25) is 4.90 Å². The van der Waals surface area contributed by atoms with E-state index in [0.29, 0.717) is 13.1 Å². The molecular weight excluding hydrogens is 272 g/mol. The molecule has 0 radical (unpaired) electrons. The topological polar surface area (TPSA) is 63.4 Å². The lowest BCUT2D eigenvalue weighted by Gasteiger charge is -2.24. The Morgan fingerprint density at radius 2 is 1.80 bits per heavy atom. The maximum Gasteiger partial charge on any atom is 0.156 e. The van der Waals surface area contributed by atoms with E-state index in [-0.39, 0.29) is 5.75 Å². The van der Waals surface area contributed by atoms with Crippen LogP contribution in [0.3, 0.4) is 0 Å². The van der Waals surface area contributed by atoms with E-state index in [2.05, 4.69) is 4.90 Å². The molecule has 0 saturated carbocycles. The molecule has 0 atom stereocenters. The van der Waals surface area contributed by atoms with Crippen molar-refractivity contribution in [1.82, 2.24) is 4.90 Å². The summed E-state index contributed by atoms with van der Waals surface area (Å²) in [7, 11) is -3.08. The SMILES string of the molecule is CCN(CCS(=O)(=O)C(C)(C)C)Cc1ccccc1N. The van der Waals surface area contributed by atoms with Crippen LogP contribution in [-0.2, 0) is 16.4 Å². The van der Waals surface area contributed by atoms with E-state index in [1.54, 1.807) is 20.8 Å². The van der Waals surface area contributed by atoms with E-state index in [1.165, 1.54) is 0 Å². The van der Waals surface area contributed by atoms with E-state index in [0.717, 1.165) is 17.8 Å².